The average molecular weight is 859 g/mol. The van der Waals surface area contributed by atoms with Crippen molar-refractivity contribution in [3.63, 3.8) is 0 Å². The molecule has 0 spiro atoms. The van der Waals surface area contributed by atoms with E-state index in [1.54, 1.807) is 0 Å². The smallest absolute Gasteiger partial charge is 0.236 e. The number of rotatable bonds is 21. The fraction of sp³-hybridized carbons (Fsp3) is 0.906. The van der Waals surface area contributed by atoms with Gasteiger partial charge in [0.25, 0.3) is 0 Å². The summed E-state index contributed by atoms with van der Waals surface area (Å²) < 4.78 is 12.9. The van der Waals surface area contributed by atoms with E-state index in [1.165, 1.54) is 12.1 Å². The summed E-state index contributed by atoms with van der Waals surface area (Å²) in [7, 11) is -6.42. The maximum absolute atomic E-state index is 11.1. The topological polar surface area (TPSA) is 146 Å². The molecular formula is C32H84Cl4N4O5Si4. The molecule has 0 heterocycles. The molecule has 0 saturated carbocycles. The number of hydrogen-bond donors (Lipinski definition) is 4. The van der Waals surface area contributed by atoms with Crippen molar-refractivity contribution in [1.29, 1.82) is 0 Å². The summed E-state index contributed by atoms with van der Waals surface area (Å²) in [5, 5.41) is 5.06. The van der Waals surface area contributed by atoms with Crippen molar-refractivity contribution in [3.8, 4) is 0 Å². The van der Waals surface area contributed by atoms with Crippen LogP contribution in [0.15, 0.2) is 0 Å². The first-order chi connectivity index (χ1) is 19.7. The lowest BCUT2D eigenvalue weighted by Gasteiger charge is -2.34. The van der Waals surface area contributed by atoms with Gasteiger partial charge in [0.15, 0.2) is 33.3 Å². The van der Waals surface area contributed by atoms with Gasteiger partial charge in [0.2, 0.25) is 17.1 Å². The maximum Gasteiger partial charge on any atom is 0.236 e. The molecule has 0 aromatic heterocycles. The molecule has 0 aliphatic rings. The molecular weight excluding hydrogens is 775 g/mol. The minimum atomic E-state index is -1.74. The third kappa shape index (κ3) is 52.9. The second kappa shape index (κ2) is 39.7. The molecule has 0 radical (unpaired) electrons. The van der Waals surface area contributed by atoms with Gasteiger partial charge in [-0.3, -0.25) is 14.4 Å². The predicted octanol–water partition coefficient (Wildman–Crippen LogP) is 9.82. The molecule has 0 saturated heterocycles. The molecule has 2 amide bonds. The lowest BCUT2D eigenvalue weighted by atomic mass is 10.5. The van der Waals surface area contributed by atoms with Crippen LogP contribution < -0.4 is 22.1 Å². The molecule has 9 nitrogen and oxygen atoms in total. The van der Waals surface area contributed by atoms with Crippen molar-refractivity contribution >= 4 is 96.7 Å². The first kappa shape index (κ1) is 71.0. The van der Waals surface area contributed by atoms with Gasteiger partial charge in [-0.1, -0.05) is 44.6 Å². The summed E-state index contributed by atoms with van der Waals surface area (Å²) in [4.78, 5) is 31.6. The third-order valence-corrected chi connectivity index (χ3v) is 22.0. The third-order valence-electron chi connectivity index (χ3n) is 5.97. The molecule has 6 N–H and O–H groups in total. The van der Waals surface area contributed by atoms with Crippen LogP contribution in [0.3, 0.4) is 0 Å². The van der Waals surface area contributed by atoms with Gasteiger partial charge in [0.05, 0.1) is 5.88 Å². The van der Waals surface area contributed by atoms with Gasteiger partial charge in [-0.2, -0.15) is 0 Å². The zero-order valence-corrected chi connectivity index (χ0v) is 34.8. The van der Waals surface area contributed by atoms with E-state index in [1.807, 2.05) is 0 Å². The minimum absolute atomic E-state index is 0. The Labute approximate surface area is 330 Å². The van der Waals surface area contributed by atoms with Crippen molar-refractivity contribution in [3.05, 3.63) is 0 Å². The highest BCUT2D eigenvalue weighted by atomic mass is 35.5. The molecule has 0 fully saturated rings. The molecule has 306 valence electrons. The molecule has 49 heavy (non-hydrogen) atoms. The highest BCUT2D eigenvalue weighted by molar-refractivity contribution is 6.85. The number of carbonyl (C=O) groups excluding carboxylic acids is 3. The predicted molar refractivity (Wildman–Crippen MR) is 237 cm³/mol. The van der Waals surface area contributed by atoms with Gasteiger partial charge in [-0.05, 0) is 127 Å². The van der Waals surface area contributed by atoms with Crippen LogP contribution in [-0.4, -0.2) is 94.1 Å². The molecule has 0 aromatic carbocycles. The van der Waals surface area contributed by atoms with Crippen molar-refractivity contribution < 1.29 is 22.6 Å². The Balaban J connectivity index is -0.0000000771. The van der Waals surface area contributed by atoms with E-state index >= 15 is 0 Å². The average Bonchev–Trinajstić information content (AvgIpc) is 2.90. The Morgan fingerprint density at radius 3 is 0.918 bits per heavy atom. The quantitative estimate of drug-likeness (QED) is 0.0389. The standard InChI is InChI=1S/C14H30Cl2N2O3Si2.C10H28N2OSi2.C2H2Cl2O.6CH4/c1-22(2,9-5-7-17-13(19)11-15)21-23(3,4)10-6-8-18-14(20)12-16;1-14(2,9-5-7-11)13-15(3,4)10-6-8-12;3-1-2(4)5;;;;;;/h5-12H2,1-4H3,(H,17,19)(H,18,20);5-12H2,1-4H3;1H2;6*1H4. The number of nitrogens with two attached hydrogens (primary N) is 2. The fourth-order valence-electron chi connectivity index (χ4n) is 4.33. The van der Waals surface area contributed by atoms with Crippen LogP contribution in [0, 0.1) is 0 Å². The van der Waals surface area contributed by atoms with Crippen molar-refractivity contribution in [2.45, 2.75) is 147 Å². The van der Waals surface area contributed by atoms with Crippen LogP contribution in [0.5, 0.6) is 0 Å². The first-order valence-electron chi connectivity index (χ1n) is 14.9. The molecule has 0 rings (SSSR count). The van der Waals surface area contributed by atoms with Crippen LogP contribution in [0.2, 0.25) is 76.6 Å². The summed E-state index contributed by atoms with van der Waals surface area (Å²) in [6, 6.07) is 4.38. The van der Waals surface area contributed by atoms with Gasteiger partial charge in [0.1, 0.15) is 11.8 Å². The van der Waals surface area contributed by atoms with Crippen molar-refractivity contribution in [1.82, 2.24) is 10.6 Å². The minimum Gasteiger partial charge on any atom is -0.455 e. The first-order valence-corrected chi connectivity index (χ1v) is 29.4. The Kier molecular flexibility index (Phi) is 57.5. The maximum atomic E-state index is 11.1. The Morgan fingerprint density at radius 2 is 0.735 bits per heavy atom. The number of carbonyl (C=O) groups is 3. The number of halogens is 4. The summed E-state index contributed by atoms with van der Waals surface area (Å²) in [5.41, 5.74) is 11.1. The van der Waals surface area contributed by atoms with Crippen molar-refractivity contribution in [2.75, 3.05) is 43.8 Å². The van der Waals surface area contributed by atoms with E-state index in [9.17, 15) is 14.4 Å². The van der Waals surface area contributed by atoms with E-state index in [4.69, 9.17) is 66.1 Å². The largest absolute Gasteiger partial charge is 0.455 e. The second-order valence-electron chi connectivity index (χ2n) is 12.7. The van der Waals surface area contributed by atoms with Crippen LogP contribution in [-0.2, 0) is 22.6 Å². The highest BCUT2D eigenvalue weighted by Crippen LogP contribution is 2.24. The van der Waals surface area contributed by atoms with Crippen LogP contribution in [0.25, 0.3) is 0 Å². The number of alkyl halides is 3. The normalized spacial score (nSPS) is 10.5. The Hall–Kier alpha value is 0.478. The van der Waals surface area contributed by atoms with Crippen LogP contribution in [0.4, 0.5) is 0 Å². The van der Waals surface area contributed by atoms with E-state index < -0.39 is 38.5 Å². The van der Waals surface area contributed by atoms with Crippen molar-refractivity contribution in [2.24, 2.45) is 11.5 Å². The number of amides is 2. The SMILES string of the molecule is C.C.C.C.C.C.C[Si](C)(CCCN)O[Si](C)(C)CCCN.C[Si](C)(CCCNC(=O)CCl)O[Si](C)(C)CCCNC(=O)CCl.O=C(Cl)CCl. The lowest BCUT2D eigenvalue weighted by molar-refractivity contribution is -0.119. The van der Waals surface area contributed by atoms with E-state index in [0.29, 0.717) is 13.1 Å². The molecule has 0 bridgehead atoms. The molecule has 17 heteroatoms. The summed E-state index contributed by atoms with van der Waals surface area (Å²) in [5.74, 6) is -0.321. The summed E-state index contributed by atoms with van der Waals surface area (Å²) in [6.07, 6.45) is 4.03. The van der Waals surface area contributed by atoms with Gasteiger partial charge in [-0.15, -0.1) is 34.8 Å². The van der Waals surface area contributed by atoms with E-state index in [2.05, 4.69) is 63.0 Å². The summed E-state index contributed by atoms with van der Waals surface area (Å²) >= 11 is 20.4. The number of hydrogen-bond acceptors (Lipinski definition) is 7. The molecule has 0 unspecified atom stereocenters. The number of nitrogens with one attached hydrogen (secondary N) is 2. The zero-order chi connectivity index (χ0) is 34.2. The van der Waals surface area contributed by atoms with E-state index in [-0.39, 0.29) is 74.0 Å². The Bertz CT molecular complexity index is 723. The van der Waals surface area contributed by atoms with Gasteiger partial charge in [0, 0.05) is 13.1 Å². The molecule has 0 atom stereocenters. The van der Waals surface area contributed by atoms with Gasteiger partial charge in [-0.25, -0.2) is 0 Å². The fourth-order valence-corrected chi connectivity index (χ4v) is 22.3. The van der Waals surface area contributed by atoms with E-state index in [0.717, 1.165) is 50.9 Å². The van der Waals surface area contributed by atoms with Gasteiger partial charge < -0.3 is 30.3 Å². The molecule has 0 aliphatic carbocycles. The van der Waals surface area contributed by atoms with Crippen LogP contribution >= 0.6 is 46.4 Å². The van der Waals surface area contributed by atoms with Gasteiger partial charge >= 0.3 is 0 Å². The molecule has 0 aromatic rings. The summed E-state index contributed by atoms with van der Waals surface area (Å²) in [6.45, 7) is 21.0. The van der Waals surface area contributed by atoms with Crippen LogP contribution in [0.1, 0.15) is 70.2 Å². The zero-order valence-electron chi connectivity index (χ0n) is 27.8. The lowest BCUT2D eigenvalue weighted by Crippen LogP contribution is -2.45. The Morgan fingerprint density at radius 1 is 0.510 bits per heavy atom. The molecule has 0 aliphatic heterocycles. The second-order valence-corrected chi connectivity index (χ2v) is 31.6. The highest BCUT2D eigenvalue weighted by Gasteiger charge is 2.33. The monoisotopic (exact) mass is 856 g/mol.